The van der Waals surface area contributed by atoms with E-state index >= 15 is 0 Å². The van der Waals surface area contributed by atoms with E-state index in [9.17, 15) is 18.0 Å². The van der Waals surface area contributed by atoms with Crippen LogP contribution in [0.3, 0.4) is 0 Å². The number of ketones is 1. The molecule has 3 nitrogen and oxygen atoms in total. The molecule has 0 unspecified atom stereocenters. The van der Waals surface area contributed by atoms with Crippen LogP contribution in [-0.4, -0.2) is 31.8 Å². The third-order valence-electron chi connectivity index (χ3n) is 3.24. The molecule has 0 saturated heterocycles. The molecule has 1 aliphatic rings. The molecule has 0 aromatic heterocycles. The summed E-state index contributed by atoms with van der Waals surface area (Å²) in [6.07, 6.45) is -2.54. The van der Waals surface area contributed by atoms with Crippen LogP contribution in [0, 0.1) is 0 Å². The van der Waals surface area contributed by atoms with Gasteiger partial charge in [-0.25, -0.2) is 0 Å². The van der Waals surface area contributed by atoms with Gasteiger partial charge in [-0.2, -0.15) is 13.2 Å². The summed E-state index contributed by atoms with van der Waals surface area (Å²) in [4.78, 5) is 11.6. The molecule has 1 aliphatic heterocycles. The van der Waals surface area contributed by atoms with Gasteiger partial charge in [0.15, 0.2) is 0 Å². The Morgan fingerprint density at radius 1 is 1.29 bits per heavy atom. The lowest BCUT2D eigenvalue weighted by Gasteiger charge is -2.07. The van der Waals surface area contributed by atoms with Gasteiger partial charge >= 0.3 is 6.18 Å². The molecule has 0 bridgehead atoms. The number of hydrogen-bond donors (Lipinski definition) is 0. The molecule has 0 aliphatic carbocycles. The van der Waals surface area contributed by atoms with E-state index in [0.717, 1.165) is 23.3 Å². The predicted molar refractivity (Wildman–Crippen MR) is 70.5 cm³/mol. The molecule has 0 saturated carbocycles. The summed E-state index contributed by atoms with van der Waals surface area (Å²) in [7, 11) is 0. The minimum absolute atomic E-state index is 0.0180. The second-order valence-electron chi connectivity index (χ2n) is 5.00. The summed E-state index contributed by atoms with van der Waals surface area (Å²) in [5.74, 6) is 0.805. The Balaban J connectivity index is 1.67. The fourth-order valence-corrected chi connectivity index (χ4v) is 2.18. The van der Waals surface area contributed by atoms with Crippen molar-refractivity contribution < 1.29 is 27.4 Å². The standard InChI is InChI=1S/C15H17F3O3/c16-15(17,18)10-20-7-6-13(19)3-1-11-2-4-14-12(9-11)5-8-21-14/h2,4,9H,1,3,5-8,10H2. The fraction of sp³-hybridized carbons (Fsp3) is 0.533. The molecule has 0 amide bonds. The SMILES string of the molecule is O=C(CCOCC(F)(F)F)CCc1ccc2c(c1)CCO2. The lowest BCUT2D eigenvalue weighted by atomic mass is 10.0. The van der Waals surface area contributed by atoms with Gasteiger partial charge in [-0.1, -0.05) is 12.1 Å². The van der Waals surface area contributed by atoms with Crippen LogP contribution < -0.4 is 4.74 Å². The van der Waals surface area contributed by atoms with E-state index in [1.54, 1.807) is 0 Å². The summed E-state index contributed by atoms with van der Waals surface area (Å²) < 4.78 is 45.3. The van der Waals surface area contributed by atoms with E-state index in [4.69, 9.17) is 4.74 Å². The van der Waals surface area contributed by atoms with Gasteiger partial charge < -0.3 is 9.47 Å². The zero-order chi connectivity index (χ0) is 15.3. The Labute approximate surface area is 121 Å². The molecule has 21 heavy (non-hydrogen) atoms. The van der Waals surface area contributed by atoms with E-state index in [1.807, 2.05) is 18.2 Å². The highest BCUT2D eigenvalue weighted by Crippen LogP contribution is 2.26. The fourth-order valence-electron chi connectivity index (χ4n) is 2.18. The number of aryl methyl sites for hydroxylation is 1. The van der Waals surface area contributed by atoms with Crippen molar-refractivity contribution in [3.05, 3.63) is 29.3 Å². The van der Waals surface area contributed by atoms with Crippen molar-refractivity contribution >= 4 is 5.78 Å². The van der Waals surface area contributed by atoms with Gasteiger partial charge in [-0.3, -0.25) is 4.79 Å². The Hall–Kier alpha value is -1.56. The maximum absolute atomic E-state index is 11.8. The van der Waals surface area contributed by atoms with Gasteiger partial charge in [0.25, 0.3) is 0 Å². The van der Waals surface area contributed by atoms with Gasteiger partial charge in [-0.05, 0) is 23.6 Å². The Morgan fingerprint density at radius 3 is 2.86 bits per heavy atom. The summed E-state index contributed by atoms with van der Waals surface area (Å²) in [6.45, 7) is -0.796. The van der Waals surface area contributed by atoms with Crippen LogP contribution in [0.1, 0.15) is 24.0 Å². The molecule has 1 aromatic carbocycles. The third kappa shape index (κ3) is 5.38. The number of fused-ring (bicyclic) bond motifs is 1. The first kappa shape index (κ1) is 15.8. The summed E-state index contributed by atoms with van der Waals surface area (Å²) >= 11 is 0. The molecule has 0 spiro atoms. The van der Waals surface area contributed by atoms with Crippen molar-refractivity contribution in [1.82, 2.24) is 0 Å². The molecule has 6 heteroatoms. The minimum atomic E-state index is -4.34. The Morgan fingerprint density at radius 2 is 2.10 bits per heavy atom. The van der Waals surface area contributed by atoms with Crippen LogP contribution in [0.15, 0.2) is 18.2 Å². The van der Waals surface area contributed by atoms with Crippen molar-refractivity contribution in [2.75, 3.05) is 19.8 Å². The lowest BCUT2D eigenvalue weighted by molar-refractivity contribution is -0.174. The number of carbonyl (C=O) groups is 1. The Kier molecular flexibility index (Phi) is 5.22. The molecule has 1 heterocycles. The van der Waals surface area contributed by atoms with Gasteiger partial charge in [0.05, 0.1) is 13.2 Å². The second kappa shape index (κ2) is 6.93. The van der Waals surface area contributed by atoms with Gasteiger partial charge in [0.2, 0.25) is 0 Å². The summed E-state index contributed by atoms with van der Waals surface area (Å²) in [5.41, 5.74) is 2.19. The Bertz CT molecular complexity index is 497. The zero-order valence-electron chi connectivity index (χ0n) is 11.5. The minimum Gasteiger partial charge on any atom is -0.493 e. The third-order valence-corrected chi connectivity index (χ3v) is 3.24. The molecule has 0 atom stereocenters. The highest BCUT2D eigenvalue weighted by Gasteiger charge is 2.27. The van der Waals surface area contributed by atoms with Gasteiger partial charge in [0, 0.05) is 19.3 Å². The average Bonchev–Trinajstić information content (AvgIpc) is 2.87. The molecular weight excluding hydrogens is 285 g/mol. The van der Waals surface area contributed by atoms with Crippen LogP contribution in [-0.2, 0) is 22.4 Å². The van der Waals surface area contributed by atoms with Crippen molar-refractivity contribution in [2.24, 2.45) is 0 Å². The number of rotatable bonds is 7. The molecule has 1 aromatic rings. The van der Waals surface area contributed by atoms with Crippen LogP contribution in [0.5, 0.6) is 5.75 Å². The van der Waals surface area contributed by atoms with Crippen molar-refractivity contribution in [1.29, 1.82) is 0 Å². The lowest BCUT2D eigenvalue weighted by Crippen LogP contribution is -2.18. The molecule has 116 valence electrons. The predicted octanol–water partition coefficient (Wildman–Crippen LogP) is 3.09. The molecule has 0 radical (unpaired) electrons. The normalized spacial score (nSPS) is 13.9. The molecular formula is C15H17F3O3. The second-order valence-corrected chi connectivity index (χ2v) is 5.00. The number of carbonyl (C=O) groups excluding carboxylic acids is 1. The molecule has 0 N–H and O–H groups in total. The molecule has 2 rings (SSSR count). The largest absolute Gasteiger partial charge is 0.493 e. The van der Waals surface area contributed by atoms with Crippen LogP contribution in [0.4, 0.5) is 13.2 Å². The van der Waals surface area contributed by atoms with E-state index < -0.39 is 12.8 Å². The van der Waals surface area contributed by atoms with Crippen LogP contribution in [0.25, 0.3) is 0 Å². The maximum atomic E-state index is 11.8. The van der Waals surface area contributed by atoms with E-state index in [1.165, 1.54) is 0 Å². The number of Topliss-reactive ketones (excluding diaryl/α,β-unsaturated/α-hetero) is 1. The molecule has 0 fully saturated rings. The van der Waals surface area contributed by atoms with E-state index in [2.05, 4.69) is 4.74 Å². The van der Waals surface area contributed by atoms with Crippen LogP contribution in [0.2, 0.25) is 0 Å². The monoisotopic (exact) mass is 302 g/mol. The number of halogens is 3. The van der Waals surface area contributed by atoms with Gasteiger partial charge in [-0.15, -0.1) is 0 Å². The van der Waals surface area contributed by atoms with Crippen molar-refractivity contribution in [3.8, 4) is 5.75 Å². The summed E-state index contributed by atoms with van der Waals surface area (Å²) in [6, 6.07) is 5.84. The van der Waals surface area contributed by atoms with Gasteiger partial charge in [0.1, 0.15) is 18.1 Å². The van der Waals surface area contributed by atoms with E-state index in [0.29, 0.717) is 19.4 Å². The number of hydrogen-bond acceptors (Lipinski definition) is 3. The maximum Gasteiger partial charge on any atom is 0.411 e. The zero-order valence-corrected chi connectivity index (χ0v) is 11.5. The number of benzene rings is 1. The first-order valence-electron chi connectivity index (χ1n) is 6.85. The average molecular weight is 302 g/mol. The first-order chi connectivity index (χ1) is 9.94. The topological polar surface area (TPSA) is 35.5 Å². The quantitative estimate of drug-likeness (QED) is 0.726. The van der Waals surface area contributed by atoms with Crippen molar-refractivity contribution in [2.45, 2.75) is 31.9 Å². The summed E-state index contributed by atoms with van der Waals surface area (Å²) in [5, 5.41) is 0. The van der Waals surface area contributed by atoms with Crippen molar-refractivity contribution in [3.63, 3.8) is 0 Å². The smallest absolute Gasteiger partial charge is 0.411 e. The first-order valence-corrected chi connectivity index (χ1v) is 6.85. The highest BCUT2D eigenvalue weighted by atomic mass is 19.4. The highest BCUT2D eigenvalue weighted by molar-refractivity contribution is 5.78. The number of ether oxygens (including phenoxy) is 2. The van der Waals surface area contributed by atoms with E-state index in [-0.39, 0.29) is 18.8 Å². The number of alkyl halides is 3. The van der Waals surface area contributed by atoms with Crippen LogP contribution >= 0.6 is 0 Å².